The van der Waals surface area contributed by atoms with Gasteiger partial charge in [0.1, 0.15) is 16.9 Å². The van der Waals surface area contributed by atoms with Crippen molar-refractivity contribution in [1.82, 2.24) is 0 Å². The molecule has 1 amide bonds. The first-order chi connectivity index (χ1) is 12.7. The Hall–Kier alpha value is -2.51. The van der Waals surface area contributed by atoms with Crippen LogP contribution < -0.4 is 10.1 Å². The van der Waals surface area contributed by atoms with Crippen molar-refractivity contribution in [3.05, 3.63) is 44.6 Å². The van der Waals surface area contributed by atoms with Crippen molar-refractivity contribution >= 4 is 46.7 Å². The lowest BCUT2D eigenvalue weighted by molar-refractivity contribution is 0.0524. The van der Waals surface area contributed by atoms with Crippen LogP contribution in [-0.4, -0.2) is 31.4 Å². The number of halogens is 2. The molecule has 0 spiro atoms. The van der Waals surface area contributed by atoms with Gasteiger partial charge in [0.05, 0.1) is 29.3 Å². The molecule has 1 aromatic carbocycles. The van der Waals surface area contributed by atoms with Gasteiger partial charge in [-0.2, -0.15) is 0 Å². The van der Waals surface area contributed by atoms with Crippen molar-refractivity contribution in [2.75, 3.05) is 19.0 Å². The van der Waals surface area contributed by atoms with Crippen LogP contribution in [0, 0.1) is 6.92 Å². The topological polar surface area (TPSA) is 94.8 Å². The summed E-state index contributed by atoms with van der Waals surface area (Å²) in [6.45, 7) is 4.49. The molecule has 0 saturated carbocycles. The van der Waals surface area contributed by atoms with Gasteiger partial charge in [-0.05, 0) is 32.9 Å². The Labute approximate surface area is 165 Å². The zero-order chi connectivity index (χ0) is 20.3. The SMILES string of the molecule is CCOC(=O)c1c(NC(=O)c2c(Cl)ccc(Cl)c2OC)oc(C)c1C(C)=O. The molecular formula is C18H17Cl2NO6. The highest BCUT2D eigenvalue weighted by Crippen LogP contribution is 2.35. The van der Waals surface area contributed by atoms with Crippen molar-refractivity contribution in [2.45, 2.75) is 20.8 Å². The largest absolute Gasteiger partial charge is 0.494 e. The number of aryl methyl sites for hydroxylation is 1. The zero-order valence-corrected chi connectivity index (χ0v) is 16.6. The molecule has 1 N–H and O–H groups in total. The fourth-order valence-electron chi connectivity index (χ4n) is 2.56. The van der Waals surface area contributed by atoms with Crippen molar-refractivity contribution in [3.63, 3.8) is 0 Å². The molecule has 0 bridgehead atoms. The molecule has 9 heteroatoms. The highest BCUT2D eigenvalue weighted by Gasteiger charge is 2.30. The van der Waals surface area contributed by atoms with Gasteiger partial charge in [0.25, 0.3) is 5.91 Å². The van der Waals surface area contributed by atoms with E-state index in [4.69, 9.17) is 37.1 Å². The second kappa shape index (κ2) is 8.45. The van der Waals surface area contributed by atoms with Crippen LogP contribution in [0.25, 0.3) is 0 Å². The summed E-state index contributed by atoms with van der Waals surface area (Å²) in [7, 11) is 1.34. The Bertz CT molecular complexity index is 919. The third-order valence-corrected chi connectivity index (χ3v) is 4.25. The van der Waals surface area contributed by atoms with Gasteiger partial charge in [-0.1, -0.05) is 23.2 Å². The van der Waals surface area contributed by atoms with Gasteiger partial charge in [-0.25, -0.2) is 4.79 Å². The molecule has 2 rings (SSSR count). The van der Waals surface area contributed by atoms with Gasteiger partial charge in [-0.3, -0.25) is 14.9 Å². The van der Waals surface area contributed by atoms with Crippen LogP contribution in [0.4, 0.5) is 5.88 Å². The zero-order valence-electron chi connectivity index (χ0n) is 15.1. The summed E-state index contributed by atoms with van der Waals surface area (Å²) < 4.78 is 15.6. The third kappa shape index (κ3) is 4.09. The molecule has 0 fully saturated rings. The first-order valence-electron chi connectivity index (χ1n) is 7.87. The molecule has 0 aliphatic rings. The van der Waals surface area contributed by atoms with Gasteiger partial charge in [-0.15, -0.1) is 0 Å². The van der Waals surface area contributed by atoms with E-state index in [0.717, 1.165) is 0 Å². The molecule has 2 aromatic rings. The first kappa shape index (κ1) is 20.8. The van der Waals surface area contributed by atoms with E-state index in [1.807, 2.05) is 0 Å². The number of ketones is 1. The Morgan fingerprint density at radius 3 is 2.30 bits per heavy atom. The molecule has 7 nitrogen and oxygen atoms in total. The number of furan rings is 1. The smallest absolute Gasteiger partial charge is 0.344 e. The number of amides is 1. The van der Waals surface area contributed by atoms with E-state index in [1.165, 1.54) is 33.1 Å². The number of nitrogens with one attached hydrogen (secondary N) is 1. The molecule has 0 atom stereocenters. The molecule has 0 aliphatic heterocycles. The highest BCUT2D eigenvalue weighted by molar-refractivity contribution is 6.37. The Morgan fingerprint density at radius 2 is 1.74 bits per heavy atom. The lowest BCUT2D eigenvalue weighted by Crippen LogP contribution is -2.17. The molecule has 0 saturated heterocycles. The van der Waals surface area contributed by atoms with E-state index in [9.17, 15) is 14.4 Å². The van der Waals surface area contributed by atoms with Crippen molar-refractivity contribution in [3.8, 4) is 5.75 Å². The second-order valence-electron chi connectivity index (χ2n) is 5.41. The van der Waals surface area contributed by atoms with Gasteiger partial charge in [0, 0.05) is 0 Å². The number of ether oxygens (including phenoxy) is 2. The number of carbonyl (C=O) groups excluding carboxylic acids is 3. The molecule has 27 heavy (non-hydrogen) atoms. The van der Waals surface area contributed by atoms with Crippen LogP contribution in [0.2, 0.25) is 10.0 Å². The minimum Gasteiger partial charge on any atom is -0.494 e. The number of Topliss-reactive ketones (excluding diaryl/α,β-unsaturated/α-hetero) is 1. The molecule has 0 unspecified atom stereocenters. The van der Waals surface area contributed by atoms with E-state index >= 15 is 0 Å². The Morgan fingerprint density at radius 1 is 1.11 bits per heavy atom. The number of carbonyl (C=O) groups is 3. The summed E-state index contributed by atoms with van der Waals surface area (Å²) in [4.78, 5) is 37.0. The van der Waals surface area contributed by atoms with Crippen LogP contribution in [-0.2, 0) is 4.74 Å². The van der Waals surface area contributed by atoms with Crippen LogP contribution in [0.1, 0.15) is 50.7 Å². The second-order valence-corrected chi connectivity index (χ2v) is 6.22. The molecule has 1 aromatic heterocycles. The highest BCUT2D eigenvalue weighted by atomic mass is 35.5. The van der Waals surface area contributed by atoms with Crippen molar-refractivity contribution in [2.24, 2.45) is 0 Å². The normalized spacial score (nSPS) is 10.4. The number of rotatable bonds is 6. The average Bonchev–Trinajstić information content (AvgIpc) is 2.92. The number of anilines is 1. The summed E-state index contributed by atoms with van der Waals surface area (Å²) in [6, 6.07) is 2.91. The van der Waals surface area contributed by atoms with Crippen LogP contribution >= 0.6 is 23.2 Å². The van der Waals surface area contributed by atoms with Crippen LogP contribution in [0.15, 0.2) is 16.5 Å². The van der Waals surface area contributed by atoms with Gasteiger partial charge in [0.2, 0.25) is 5.88 Å². The predicted octanol–water partition coefficient (Wildman–Crippen LogP) is 4.54. The summed E-state index contributed by atoms with van der Waals surface area (Å²) in [5, 5.41) is 2.71. The third-order valence-electron chi connectivity index (χ3n) is 3.63. The number of esters is 1. The minimum absolute atomic E-state index is 0.0351. The minimum atomic E-state index is -0.793. The monoisotopic (exact) mass is 413 g/mol. The summed E-state index contributed by atoms with van der Waals surface area (Å²) in [5.41, 5.74) is -0.167. The van der Waals surface area contributed by atoms with Crippen molar-refractivity contribution < 1.29 is 28.3 Å². The first-order valence-corrected chi connectivity index (χ1v) is 8.63. The van der Waals surface area contributed by atoms with Crippen LogP contribution in [0.3, 0.4) is 0 Å². The number of benzene rings is 1. The maximum Gasteiger partial charge on any atom is 0.344 e. The predicted molar refractivity (Wildman–Crippen MR) is 100 cm³/mol. The maximum atomic E-state index is 12.8. The van der Waals surface area contributed by atoms with Gasteiger partial charge >= 0.3 is 5.97 Å². The lowest BCUT2D eigenvalue weighted by Gasteiger charge is -2.12. The number of methoxy groups -OCH3 is 1. The van der Waals surface area contributed by atoms with Gasteiger partial charge < -0.3 is 13.9 Å². The average molecular weight is 414 g/mol. The van der Waals surface area contributed by atoms with Crippen molar-refractivity contribution in [1.29, 1.82) is 0 Å². The van der Waals surface area contributed by atoms with Crippen LogP contribution in [0.5, 0.6) is 5.75 Å². The standard InChI is InChI=1S/C18H17Cl2NO6/c1-5-26-18(24)14-12(8(2)22)9(3)27-17(14)21-16(23)13-10(19)6-7-11(20)15(13)25-4/h6-7H,5H2,1-4H3,(H,21,23). The van der Waals surface area contributed by atoms with Gasteiger partial charge in [0.15, 0.2) is 11.5 Å². The summed E-state index contributed by atoms with van der Waals surface area (Å²) in [5.74, 6) is -1.91. The Balaban J connectivity index is 2.54. The van der Waals surface area contributed by atoms with E-state index in [0.29, 0.717) is 0 Å². The maximum absolute atomic E-state index is 12.8. The molecule has 1 heterocycles. The fraction of sp³-hybridized carbons (Fsp3) is 0.278. The molecule has 0 radical (unpaired) electrons. The Kier molecular flexibility index (Phi) is 6.51. The van der Waals surface area contributed by atoms with E-state index in [1.54, 1.807) is 6.92 Å². The quantitative estimate of drug-likeness (QED) is 0.551. The fourth-order valence-corrected chi connectivity index (χ4v) is 3.03. The molecule has 0 aliphatic carbocycles. The summed E-state index contributed by atoms with van der Waals surface area (Å²) in [6.07, 6.45) is 0. The van der Waals surface area contributed by atoms with E-state index in [-0.39, 0.29) is 50.7 Å². The lowest BCUT2D eigenvalue weighted by atomic mass is 10.1. The van der Waals surface area contributed by atoms with E-state index < -0.39 is 17.7 Å². The van der Waals surface area contributed by atoms with E-state index in [2.05, 4.69) is 5.32 Å². The molecule has 144 valence electrons. The summed E-state index contributed by atoms with van der Waals surface area (Å²) >= 11 is 12.1. The number of hydrogen-bond acceptors (Lipinski definition) is 6. The molecular weight excluding hydrogens is 397 g/mol. The number of hydrogen-bond donors (Lipinski definition) is 1.